The molecule has 1 aliphatic rings. The summed E-state index contributed by atoms with van der Waals surface area (Å²) >= 11 is 0. The van der Waals surface area contributed by atoms with Crippen LogP contribution in [0.5, 0.6) is 0 Å². The molecule has 0 N–H and O–H groups in total. The Morgan fingerprint density at radius 3 is 2.75 bits per heavy atom. The van der Waals surface area contributed by atoms with Crippen LogP contribution in [-0.2, 0) is 0 Å². The van der Waals surface area contributed by atoms with Crippen LogP contribution in [0.25, 0.3) is 0 Å². The van der Waals surface area contributed by atoms with Crippen LogP contribution in [0.1, 0.15) is 0 Å². The van der Waals surface area contributed by atoms with Crippen molar-refractivity contribution < 1.29 is 0 Å². The third kappa shape index (κ3) is 1.03. The minimum atomic E-state index is 0.208. The number of rotatable bonds is 1. The minimum absolute atomic E-state index is 0.208. The largest absolute Gasteiger partial charge is 0.337 e. The molecule has 0 aliphatic carbocycles. The van der Waals surface area contributed by atoms with Gasteiger partial charge in [-0.2, -0.15) is 0 Å². The Morgan fingerprint density at radius 2 is 2.38 bits per heavy atom. The molecule has 1 nitrogen and oxygen atoms in total. The van der Waals surface area contributed by atoms with Crippen molar-refractivity contribution in [3.8, 4) is 0 Å². The Labute approximate surface area is 49.9 Å². The van der Waals surface area contributed by atoms with Crippen molar-refractivity contribution in [2.24, 2.45) is 0 Å². The van der Waals surface area contributed by atoms with Gasteiger partial charge in [0.1, 0.15) is 0 Å². The molecule has 8 heavy (non-hydrogen) atoms. The highest BCUT2D eigenvalue weighted by molar-refractivity contribution is 6.67. The fourth-order valence-electron chi connectivity index (χ4n) is 0.566. The number of allylic oxidation sites excluding steroid dienone is 2. The quantitative estimate of drug-likeness (QED) is 0.439. The fourth-order valence-corrected chi connectivity index (χ4v) is 0.566. The molecule has 1 aliphatic heterocycles. The summed E-state index contributed by atoms with van der Waals surface area (Å²) in [5.74, 6) is 3.80. The van der Waals surface area contributed by atoms with Crippen LogP contribution in [0.4, 0.5) is 0 Å². The Hall–Kier alpha value is -0.915. The van der Waals surface area contributed by atoms with Crippen molar-refractivity contribution >= 4 is 6.85 Å². The van der Waals surface area contributed by atoms with Crippen LogP contribution in [0.15, 0.2) is 36.9 Å². The van der Waals surface area contributed by atoms with Crippen molar-refractivity contribution in [1.29, 1.82) is 0 Å². The first-order valence-corrected chi connectivity index (χ1v) is 2.59. The fraction of sp³-hybridized carbons (Fsp3) is 0. The number of hydrogen-bond donors (Lipinski definition) is 0. The second-order valence-corrected chi connectivity index (χ2v) is 1.60. The monoisotopic (exact) mass is 104 g/mol. The van der Waals surface area contributed by atoms with Gasteiger partial charge in [0.15, 0.2) is 0 Å². The average Bonchev–Trinajstić information content (AvgIpc) is 1.90. The topological polar surface area (TPSA) is 14.1 Å². The van der Waals surface area contributed by atoms with Gasteiger partial charge in [-0.25, -0.2) is 0 Å². The van der Waals surface area contributed by atoms with E-state index in [1.54, 1.807) is 12.2 Å². The van der Waals surface area contributed by atoms with E-state index in [4.69, 9.17) is 0 Å². The Bertz CT molecular complexity index is 137. The van der Waals surface area contributed by atoms with E-state index in [1.165, 1.54) is 0 Å². The van der Waals surface area contributed by atoms with Crippen LogP contribution >= 0.6 is 0 Å². The first-order chi connectivity index (χ1) is 3.93. The molecule has 1 heterocycles. The molecular formula is C6H7BN. The molecule has 0 amide bonds. The van der Waals surface area contributed by atoms with Crippen molar-refractivity contribution in [3.05, 3.63) is 36.9 Å². The van der Waals surface area contributed by atoms with Gasteiger partial charge in [0.25, 0.3) is 0 Å². The Morgan fingerprint density at radius 1 is 1.50 bits per heavy atom. The lowest BCUT2D eigenvalue weighted by atomic mass is 9.62. The Kier molecular flexibility index (Phi) is 1.57. The third-order valence-corrected chi connectivity index (χ3v) is 1.01. The third-order valence-electron chi connectivity index (χ3n) is 1.01. The van der Waals surface area contributed by atoms with Crippen molar-refractivity contribution in [3.63, 3.8) is 0 Å². The van der Waals surface area contributed by atoms with E-state index in [0.717, 1.165) is 0 Å². The molecule has 39 valence electrons. The van der Waals surface area contributed by atoms with Gasteiger partial charge in [-0.05, 0) is 6.08 Å². The van der Waals surface area contributed by atoms with Gasteiger partial charge in [0.2, 0.25) is 0 Å². The maximum absolute atomic E-state index is 4.06. The van der Waals surface area contributed by atoms with Crippen LogP contribution in [0.2, 0.25) is 0 Å². The van der Waals surface area contributed by atoms with E-state index in [0.29, 0.717) is 0 Å². The highest BCUT2D eigenvalue weighted by Crippen LogP contribution is 1.91. The summed E-state index contributed by atoms with van der Waals surface area (Å²) in [5, 5.41) is 4.06. The second-order valence-electron chi connectivity index (χ2n) is 1.60. The zero-order valence-corrected chi connectivity index (χ0v) is 4.62. The molecule has 0 saturated heterocycles. The van der Waals surface area contributed by atoms with E-state index in [-0.39, 0.29) is 6.85 Å². The normalized spacial score (nSPS) is 15.8. The van der Waals surface area contributed by atoms with Crippen LogP contribution in [0.3, 0.4) is 0 Å². The average molecular weight is 104 g/mol. The van der Waals surface area contributed by atoms with E-state index in [2.05, 4.69) is 11.8 Å². The van der Waals surface area contributed by atoms with E-state index in [9.17, 15) is 0 Å². The number of nitrogens with zero attached hydrogens (tertiary/aromatic N) is 1. The van der Waals surface area contributed by atoms with Gasteiger partial charge in [0.05, 0.1) is 0 Å². The molecule has 0 bridgehead atoms. The van der Waals surface area contributed by atoms with Crippen LogP contribution < -0.4 is 5.23 Å². The molecular weight excluding hydrogens is 96.9 g/mol. The molecule has 0 saturated carbocycles. The second kappa shape index (κ2) is 2.41. The molecule has 0 aromatic rings. The lowest BCUT2D eigenvalue weighted by Gasteiger charge is -2.00. The molecule has 0 unspecified atom stereocenters. The Balaban J connectivity index is 2.51. The summed E-state index contributed by atoms with van der Waals surface area (Å²) < 4.78 is 0. The molecule has 1 radical (unpaired) electrons. The zero-order valence-electron chi connectivity index (χ0n) is 4.62. The molecule has 0 aromatic heterocycles. The zero-order chi connectivity index (χ0) is 5.82. The van der Waals surface area contributed by atoms with Gasteiger partial charge in [-0.3, -0.25) is 0 Å². The molecule has 0 atom stereocenters. The van der Waals surface area contributed by atoms with E-state index in [1.807, 2.05) is 18.1 Å². The van der Waals surface area contributed by atoms with E-state index >= 15 is 0 Å². The SMILES string of the molecule is C=CB1C=CC=C[N]1. The van der Waals surface area contributed by atoms with Gasteiger partial charge in [0, 0.05) is 6.20 Å². The summed E-state index contributed by atoms with van der Waals surface area (Å²) in [5.41, 5.74) is 0. The van der Waals surface area contributed by atoms with Gasteiger partial charge < -0.3 is 5.23 Å². The summed E-state index contributed by atoms with van der Waals surface area (Å²) in [7, 11) is 0. The van der Waals surface area contributed by atoms with Crippen LogP contribution in [-0.4, -0.2) is 6.85 Å². The molecule has 0 fully saturated rings. The van der Waals surface area contributed by atoms with E-state index < -0.39 is 0 Å². The molecule has 2 heteroatoms. The lowest BCUT2D eigenvalue weighted by Crippen LogP contribution is -2.19. The summed E-state index contributed by atoms with van der Waals surface area (Å²) in [6.45, 7) is 3.81. The maximum Gasteiger partial charge on any atom is 0.329 e. The summed E-state index contributed by atoms with van der Waals surface area (Å²) in [6.07, 6.45) is 5.66. The van der Waals surface area contributed by atoms with Crippen molar-refractivity contribution in [2.45, 2.75) is 0 Å². The van der Waals surface area contributed by atoms with Crippen molar-refractivity contribution in [1.82, 2.24) is 5.23 Å². The first kappa shape index (κ1) is 5.23. The molecule has 0 spiro atoms. The predicted octanol–water partition coefficient (Wildman–Crippen LogP) is 0.930. The lowest BCUT2D eigenvalue weighted by molar-refractivity contribution is 1.30. The predicted molar refractivity (Wildman–Crippen MR) is 36.4 cm³/mol. The van der Waals surface area contributed by atoms with Crippen molar-refractivity contribution in [2.75, 3.05) is 0 Å². The number of hydrogen-bond acceptors (Lipinski definition) is 0. The summed E-state index contributed by atoms with van der Waals surface area (Å²) in [4.78, 5) is 0. The van der Waals surface area contributed by atoms with Crippen LogP contribution in [0, 0.1) is 0 Å². The van der Waals surface area contributed by atoms with Gasteiger partial charge in [-0.15, -0.1) is 6.58 Å². The minimum Gasteiger partial charge on any atom is -0.337 e. The van der Waals surface area contributed by atoms with Gasteiger partial charge >= 0.3 is 6.85 Å². The standard InChI is InChI=1S/C6H7BN/c1-2-7-5-3-4-6-8-7/h2-6H,1H2. The smallest absolute Gasteiger partial charge is 0.329 e. The summed E-state index contributed by atoms with van der Waals surface area (Å²) in [6, 6.07) is 0. The maximum atomic E-state index is 4.06. The molecule has 0 aromatic carbocycles. The highest BCUT2D eigenvalue weighted by Gasteiger charge is 2.03. The first-order valence-electron chi connectivity index (χ1n) is 2.59. The highest BCUT2D eigenvalue weighted by atomic mass is 14.7. The van der Waals surface area contributed by atoms with Gasteiger partial charge in [-0.1, -0.05) is 18.0 Å². The molecule has 1 rings (SSSR count).